The molecule has 0 bridgehead atoms. The summed E-state index contributed by atoms with van der Waals surface area (Å²) in [6.45, 7) is 0. The molecular weight excluding hydrogens is 176 g/mol. The van der Waals surface area contributed by atoms with Gasteiger partial charge >= 0.3 is 0 Å². The van der Waals surface area contributed by atoms with Crippen LogP contribution in [-0.4, -0.2) is 20.4 Å². The van der Waals surface area contributed by atoms with Crippen LogP contribution < -0.4 is 0 Å². The largest absolute Gasteiger partial charge is 0.160 e. The molecule has 2 rings (SSSR count). The lowest BCUT2D eigenvalue weighted by molar-refractivity contribution is 0.638. The summed E-state index contributed by atoms with van der Waals surface area (Å²) >= 11 is 0. The Hall–Kier alpha value is -1.32. The molecule has 0 aromatic carbocycles. The first kappa shape index (κ1) is 10.8. The molecule has 4 heteroatoms. The minimum atomic E-state index is 1.28. The summed E-state index contributed by atoms with van der Waals surface area (Å²) in [6, 6.07) is 0. The summed E-state index contributed by atoms with van der Waals surface area (Å²) in [5.41, 5.74) is 0. The van der Waals surface area contributed by atoms with Gasteiger partial charge < -0.3 is 0 Å². The zero-order chi connectivity index (χ0) is 9.90. The Labute approximate surface area is 84.5 Å². The molecular formula is C10H16N4. The highest BCUT2D eigenvalue weighted by atomic mass is 15.2. The van der Waals surface area contributed by atoms with Crippen LogP contribution in [0.15, 0.2) is 24.8 Å². The summed E-state index contributed by atoms with van der Waals surface area (Å²) in [5.74, 6) is 0. The fraction of sp³-hybridized carbons (Fsp3) is 0.600. The average molecular weight is 192 g/mol. The third-order valence-corrected chi connectivity index (χ3v) is 2.00. The van der Waals surface area contributed by atoms with Gasteiger partial charge in [-0.3, -0.25) is 0 Å². The molecule has 0 amide bonds. The maximum absolute atomic E-state index is 3.36. The standard InChI is InChI=1S/C8H14.C2H2N4/c1-2-4-6-8-7-5-3-1;1-3-5-2-6-4-1/h1-2H,3-8H2;1-2H/b2-1+;. The molecule has 0 saturated carbocycles. The number of allylic oxidation sites excluding steroid dienone is 2. The average Bonchev–Trinajstić information content (AvgIpc) is 2.20. The summed E-state index contributed by atoms with van der Waals surface area (Å²) in [7, 11) is 0. The second kappa shape index (κ2) is 8.29. The van der Waals surface area contributed by atoms with Crippen molar-refractivity contribution in [2.75, 3.05) is 0 Å². The van der Waals surface area contributed by atoms with Crippen molar-refractivity contribution in [1.29, 1.82) is 0 Å². The lowest BCUT2D eigenvalue weighted by atomic mass is 10.1. The molecule has 1 aliphatic rings. The fourth-order valence-corrected chi connectivity index (χ4v) is 1.28. The van der Waals surface area contributed by atoms with Crippen molar-refractivity contribution in [1.82, 2.24) is 20.4 Å². The van der Waals surface area contributed by atoms with Crippen LogP contribution in [0.4, 0.5) is 0 Å². The van der Waals surface area contributed by atoms with Crippen LogP contribution in [0.25, 0.3) is 0 Å². The van der Waals surface area contributed by atoms with Gasteiger partial charge in [-0.2, -0.15) is 0 Å². The predicted octanol–water partition coefficient (Wildman–Crippen LogP) is 2.16. The van der Waals surface area contributed by atoms with Gasteiger partial charge in [0.2, 0.25) is 0 Å². The van der Waals surface area contributed by atoms with Gasteiger partial charge in [-0.15, -0.1) is 20.4 Å². The van der Waals surface area contributed by atoms with Crippen LogP contribution in [-0.2, 0) is 0 Å². The zero-order valence-corrected chi connectivity index (χ0v) is 8.34. The minimum Gasteiger partial charge on any atom is -0.135 e. The Balaban J connectivity index is 0.000000146. The molecule has 1 aromatic heterocycles. The monoisotopic (exact) mass is 192 g/mol. The van der Waals surface area contributed by atoms with E-state index in [9.17, 15) is 0 Å². The molecule has 0 unspecified atom stereocenters. The summed E-state index contributed by atoms with van der Waals surface area (Å²) in [6.07, 6.45) is 15.6. The second-order valence-corrected chi connectivity index (χ2v) is 3.16. The maximum atomic E-state index is 3.36. The Morgan fingerprint density at radius 3 is 1.36 bits per heavy atom. The summed E-state index contributed by atoms with van der Waals surface area (Å²) in [5, 5.41) is 13.4. The Morgan fingerprint density at radius 1 is 0.571 bits per heavy atom. The lowest BCUT2D eigenvalue weighted by Crippen LogP contribution is -1.81. The Morgan fingerprint density at radius 2 is 1.00 bits per heavy atom. The zero-order valence-electron chi connectivity index (χ0n) is 8.34. The molecule has 1 heterocycles. The first-order chi connectivity index (χ1) is 7.00. The molecule has 0 atom stereocenters. The third kappa shape index (κ3) is 6.22. The SMILES string of the molecule is C1=C/CCCCCC/1.c1nncnn1. The van der Waals surface area contributed by atoms with E-state index in [1.807, 2.05) is 0 Å². The number of rotatable bonds is 0. The van der Waals surface area contributed by atoms with E-state index in [1.165, 1.54) is 51.2 Å². The predicted molar refractivity (Wildman–Crippen MR) is 54.5 cm³/mol. The van der Waals surface area contributed by atoms with Crippen LogP contribution >= 0.6 is 0 Å². The molecule has 1 aromatic rings. The van der Waals surface area contributed by atoms with Crippen molar-refractivity contribution in [2.45, 2.75) is 38.5 Å². The Bertz CT molecular complexity index is 198. The van der Waals surface area contributed by atoms with E-state index in [-0.39, 0.29) is 0 Å². The van der Waals surface area contributed by atoms with Gasteiger partial charge in [-0.25, -0.2) is 0 Å². The van der Waals surface area contributed by atoms with Crippen LogP contribution in [0.5, 0.6) is 0 Å². The molecule has 0 spiro atoms. The molecule has 0 aliphatic heterocycles. The number of hydrogen-bond acceptors (Lipinski definition) is 4. The molecule has 1 aliphatic carbocycles. The Kier molecular flexibility index (Phi) is 6.37. The van der Waals surface area contributed by atoms with E-state index < -0.39 is 0 Å². The normalized spacial score (nSPS) is 18.3. The van der Waals surface area contributed by atoms with Crippen LogP contribution in [0.2, 0.25) is 0 Å². The van der Waals surface area contributed by atoms with Gasteiger partial charge in [0, 0.05) is 0 Å². The van der Waals surface area contributed by atoms with E-state index >= 15 is 0 Å². The fourth-order valence-electron chi connectivity index (χ4n) is 1.28. The molecule has 76 valence electrons. The number of nitrogens with zero attached hydrogens (tertiary/aromatic N) is 4. The number of aromatic nitrogens is 4. The highest BCUT2D eigenvalue weighted by molar-refractivity contribution is 4.82. The smallest absolute Gasteiger partial charge is 0.135 e. The van der Waals surface area contributed by atoms with Crippen LogP contribution in [0.1, 0.15) is 38.5 Å². The molecule has 0 fully saturated rings. The van der Waals surface area contributed by atoms with Gasteiger partial charge in [0.05, 0.1) is 0 Å². The van der Waals surface area contributed by atoms with Crippen molar-refractivity contribution in [3.63, 3.8) is 0 Å². The minimum absolute atomic E-state index is 1.28. The van der Waals surface area contributed by atoms with Crippen LogP contribution in [0.3, 0.4) is 0 Å². The van der Waals surface area contributed by atoms with Crippen molar-refractivity contribution in [2.24, 2.45) is 0 Å². The molecule has 14 heavy (non-hydrogen) atoms. The van der Waals surface area contributed by atoms with Crippen LogP contribution in [0, 0.1) is 0 Å². The first-order valence-electron chi connectivity index (χ1n) is 5.08. The van der Waals surface area contributed by atoms with E-state index in [1.54, 1.807) is 0 Å². The topological polar surface area (TPSA) is 51.6 Å². The van der Waals surface area contributed by atoms with Gasteiger partial charge in [0.1, 0.15) is 0 Å². The molecule has 0 radical (unpaired) electrons. The third-order valence-electron chi connectivity index (χ3n) is 2.00. The lowest BCUT2D eigenvalue weighted by Gasteiger charge is -2.00. The molecule has 4 nitrogen and oxygen atoms in total. The number of hydrogen-bond donors (Lipinski definition) is 0. The quantitative estimate of drug-likeness (QED) is 0.591. The van der Waals surface area contributed by atoms with Crippen molar-refractivity contribution < 1.29 is 0 Å². The van der Waals surface area contributed by atoms with E-state index in [2.05, 4.69) is 32.5 Å². The van der Waals surface area contributed by atoms with Gasteiger partial charge in [-0.05, 0) is 25.7 Å². The van der Waals surface area contributed by atoms with Crippen molar-refractivity contribution >= 4 is 0 Å². The highest BCUT2D eigenvalue weighted by Crippen LogP contribution is 2.09. The summed E-state index contributed by atoms with van der Waals surface area (Å²) < 4.78 is 0. The molecule has 0 N–H and O–H groups in total. The van der Waals surface area contributed by atoms with Gasteiger partial charge in [-0.1, -0.05) is 25.0 Å². The van der Waals surface area contributed by atoms with Crippen molar-refractivity contribution in [3.8, 4) is 0 Å². The van der Waals surface area contributed by atoms with Crippen molar-refractivity contribution in [3.05, 3.63) is 24.8 Å². The van der Waals surface area contributed by atoms with Gasteiger partial charge in [0.15, 0.2) is 12.7 Å². The van der Waals surface area contributed by atoms with Gasteiger partial charge in [0.25, 0.3) is 0 Å². The van der Waals surface area contributed by atoms with E-state index in [0.29, 0.717) is 0 Å². The summed E-state index contributed by atoms with van der Waals surface area (Å²) in [4.78, 5) is 0. The first-order valence-corrected chi connectivity index (χ1v) is 5.08. The molecule has 0 saturated heterocycles. The van der Waals surface area contributed by atoms with E-state index in [0.717, 1.165) is 0 Å². The maximum Gasteiger partial charge on any atom is 0.160 e. The second-order valence-electron chi connectivity index (χ2n) is 3.16. The highest BCUT2D eigenvalue weighted by Gasteiger charge is 1.89. The van der Waals surface area contributed by atoms with E-state index in [4.69, 9.17) is 0 Å².